The molecule has 1 atom stereocenters. The largest absolute Gasteiger partial charge is 0.392 e. The molecule has 1 rings (SSSR count). The van der Waals surface area contributed by atoms with Gasteiger partial charge in [0.2, 0.25) is 0 Å². The van der Waals surface area contributed by atoms with Crippen LogP contribution in [-0.4, -0.2) is 22.4 Å². The molecule has 92 valence electrons. The fourth-order valence-corrected chi connectivity index (χ4v) is 1.64. The Labute approximate surface area is 103 Å². The molecule has 2 heteroatoms. The first-order chi connectivity index (χ1) is 7.78. The van der Waals surface area contributed by atoms with Crippen LogP contribution in [0, 0.1) is 39.5 Å². The standard InChI is InChI=1S/C15H20O2/c1-10-8-11(2)13(4)14(12(10)3)6-7-15(5,17)9-16/h8,16-17H,9H2,1-5H3. The van der Waals surface area contributed by atoms with Crippen LogP contribution in [0.3, 0.4) is 0 Å². The highest BCUT2D eigenvalue weighted by Gasteiger charge is 2.14. The molecule has 2 nitrogen and oxygen atoms in total. The van der Waals surface area contributed by atoms with Gasteiger partial charge >= 0.3 is 0 Å². The summed E-state index contributed by atoms with van der Waals surface area (Å²) in [6.07, 6.45) is 0. The number of hydrogen-bond acceptors (Lipinski definition) is 2. The summed E-state index contributed by atoms with van der Waals surface area (Å²) >= 11 is 0. The van der Waals surface area contributed by atoms with Crippen molar-refractivity contribution in [2.24, 2.45) is 0 Å². The second-order valence-electron chi connectivity index (χ2n) is 4.82. The highest BCUT2D eigenvalue weighted by Crippen LogP contribution is 2.20. The Hall–Kier alpha value is -1.30. The van der Waals surface area contributed by atoms with Crippen molar-refractivity contribution in [1.82, 2.24) is 0 Å². The van der Waals surface area contributed by atoms with Gasteiger partial charge < -0.3 is 10.2 Å². The minimum atomic E-state index is -1.34. The van der Waals surface area contributed by atoms with Gasteiger partial charge in [-0.2, -0.15) is 0 Å². The van der Waals surface area contributed by atoms with E-state index in [4.69, 9.17) is 5.11 Å². The molecule has 0 saturated heterocycles. The van der Waals surface area contributed by atoms with Gasteiger partial charge in [0.05, 0.1) is 6.61 Å². The zero-order valence-corrected chi connectivity index (χ0v) is 11.2. The average molecular weight is 232 g/mol. The SMILES string of the molecule is Cc1cc(C)c(C)c(C#CC(C)(O)CO)c1C. The van der Waals surface area contributed by atoms with Crippen LogP contribution < -0.4 is 0 Å². The van der Waals surface area contributed by atoms with Crippen molar-refractivity contribution in [2.45, 2.75) is 40.2 Å². The Morgan fingerprint density at radius 2 is 1.59 bits per heavy atom. The molecule has 0 aliphatic rings. The number of aryl methyl sites for hydroxylation is 2. The Morgan fingerprint density at radius 3 is 2.00 bits per heavy atom. The summed E-state index contributed by atoms with van der Waals surface area (Å²) in [5.74, 6) is 5.71. The van der Waals surface area contributed by atoms with Crippen LogP contribution in [0.25, 0.3) is 0 Å². The van der Waals surface area contributed by atoms with E-state index in [1.165, 1.54) is 18.1 Å². The van der Waals surface area contributed by atoms with Gasteiger partial charge in [0, 0.05) is 5.56 Å². The summed E-state index contributed by atoms with van der Waals surface area (Å²) < 4.78 is 0. The second kappa shape index (κ2) is 4.91. The Bertz CT molecular complexity index is 462. The number of aliphatic hydroxyl groups excluding tert-OH is 1. The summed E-state index contributed by atoms with van der Waals surface area (Å²) in [6.45, 7) is 9.31. The topological polar surface area (TPSA) is 40.5 Å². The predicted molar refractivity (Wildman–Crippen MR) is 70.0 cm³/mol. The molecule has 0 saturated carbocycles. The monoisotopic (exact) mass is 232 g/mol. The summed E-state index contributed by atoms with van der Waals surface area (Å²) in [7, 11) is 0. The molecule has 1 aromatic carbocycles. The van der Waals surface area contributed by atoms with E-state index in [-0.39, 0.29) is 6.61 Å². The molecule has 2 N–H and O–H groups in total. The van der Waals surface area contributed by atoms with Gasteiger partial charge in [-0.1, -0.05) is 17.9 Å². The average Bonchev–Trinajstić information content (AvgIpc) is 2.26. The lowest BCUT2D eigenvalue weighted by molar-refractivity contribution is 0.0519. The van der Waals surface area contributed by atoms with Crippen molar-refractivity contribution in [3.63, 3.8) is 0 Å². The fraction of sp³-hybridized carbons (Fsp3) is 0.467. The lowest BCUT2D eigenvalue weighted by Crippen LogP contribution is -2.26. The lowest BCUT2D eigenvalue weighted by atomic mass is 9.94. The van der Waals surface area contributed by atoms with Gasteiger partial charge in [-0.15, -0.1) is 0 Å². The van der Waals surface area contributed by atoms with Crippen molar-refractivity contribution in [1.29, 1.82) is 0 Å². The van der Waals surface area contributed by atoms with Crippen molar-refractivity contribution in [3.8, 4) is 11.8 Å². The minimum Gasteiger partial charge on any atom is -0.392 e. The van der Waals surface area contributed by atoms with Crippen LogP contribution in [-0.2, 0) is 0 Å². The Kier molecular flexibility index (Phi) is 3.98. The molecule has 0 heterocycles. The van der Waals surface area contributed by atoms with Crippen molar-refractivity contribution < 1.29 is 10.2 Å². The summed E-state index contributed by atoms with van der Waals surface area (Å²) in [6, 6.07) is 2.14. The molecule has 1 aromatic rings. The van der Waals surface area contributed by atoms with E-state index in [1.54, 1.807) is 0 Å². The predicted octanol–water partition coefficient (Wildman–Crippen LogP) is 2.02. The van der Waals surface area contributed by atoms with Crippen molar-refractivity contribution in [3.05, 3.63) is 33.9 Å². The van der Waals surface area contributed by atoms with E-state index in [9.17, 15) is 5.11 Å². The van der Waals surface area contributed by atoms with Crippen LogP contribution in [0.5, 0.6) is 0 Å². The van der Waals surface area contributed by atoms with Gasteiger partial charge in [-0.3, -0.25) is 0 Å². The summed E-state index contributed by atoms with van der Waals surface area (Å²) in [5.41, 5.74) is 4.28. The van der Waals surface area contributed by atoms with E-state index >= 15 is 0 Å². The van der Waals surface area contributed by atoms with E-state index < -0.39 is 5.60 Å². The molecule has 0 aromatic heterocycles. The summed E-state index contributed by atoms with van der Waals surface area (Å²) in [5, 5.41) is 18.6. The van der Waals surface area contributed by atoms with E-state index in [2.05, 4.69) is 31.8 Å². The van der Waals surface area contributed by atoms with E-state index in [1.807, 2.05) is 13.8 Å². The first-order valence-electron chi connectivity index (χ1n) is 5.72. The quantitative estimate of drug-likeness (QED) is 0.727. The van der Waals surface area contributed by atoms with Crippen LogP contribution in [0.1, 0.15) is 34.7 Å². The van der Waals surface area contributed by atoms with Gasteiger partial charge in [-0.05, 0) is 56.9 Å². The van der Waals surface area contributed by atoms with Gasteiger partial charge in [0.1, 0.15) is 5.60 Å². The Morgan fingerprint density at radius 1 is 1.12 bits per heavy atom. The molecule has 17 heavy (non-hydrogen) atoms. The Balaban J connectivity index is 3.33. The first-order valence-corrected chi connectivity index (χ1v) is 5.72. The van der Waals surface area contributed by atoms with Crippen molar-refractivity contribution in [2.75, 3.05) is 6.61 Å². The maximum Gasteiger partial charge on any atom is 0.145 e. The van der Waals surface area contributed by atoms with Gasteiger partial charge in [0.15, 0.2) is 0 Å². The maximum atomic E-state index is 9.68. The maximum absolute atomic E-state index is 9.68. The molecule has 0 aliphatic carbocycles. The molecule has 0 radical (unpaired) electrons. The second-order valence-corrected chi connectivity index (χ2v) is 4.82. The van der Waals surface area contributed by atoms with Gasteiger partial charge in [0.25, 0.3) is 0 Å². The van der Waals surface area contributed by atoms with E-state index in [0.29, 0.717) is 0 Å². The molecular formula is C15H20O2. The highest BCUT2D eigenvalue weighted by atomic mass is 16.3. The minimum absolute atomic E-state index is 0.358. The van der Waals surface area contributed by atoms with Crippen LogP contribution >= 0.6 is 0 Å². The van der Waals surface area contributed by atoms with Crippen LogP contribution in [0.15, 0.2) is 6.07 Å². The van der Waals surface area contributed by atoms with Gasteiger partial charge in [-0.25, -0.2) is 0 Å². The molecule has 1 unspecified atom stereocenters. The molecular weight excluding hydrogens is 212 g/mol. The number of rotatable bonds is 1. The number of benzene rings is 1. The normalized spacial score (nSPS) is 13.8. The third-order valence-corrected chi connectivity index (χ3v) is 3.13. The molecule has 0 aliphatic heterocycles. The van der Waals surface area contributed by atoms with Crippen LogP contribution in [0.4, 0.5) is 0 Å². The zero-order chi connectivity index (χ0) is 13.2. The number of aliphatic hydroxyl groups is 2. The third-order valence-electron chi connectivity index (χ3n) is 3.13. The molecule has 0 bridgehead atoms. The lowest BCUT2D eigenvalue weighted by Gasteiger charge is -2.13. The summed E-state index contributed by atoms with van der Waals surface area (Å²) in [4.78, 5) is 0. The highest BCUT2D eigenvalue weighted by molar-refractivity contribution is 5.53. The zero-order valence-electron chi connectivity index (χ0n) is 11.2. The van der Waals surface area contributed by atoms with Crippen molar-refractivity contribution >= 4 is 0 Å². The van der Waals surface area contributed by atoms with Crippen LogP contribution in [0.2, 0.25) is 0 Å². The molecule has 0 amide bonds. The third kappa shape index (κ3) is 3.09. The fourth-order valence-electron chi connectivity index (χ4n) is 1.64. The van der Waals surface area contributed by atoms with E-state index in [0.717, 1.165) is 16.7 Å². The molecule has 0 fully saturated rings. The molecule has 0 spiro atoms. The smallest absolute Gasteiger partial charge is 0.145 e. The number of hydrogen-bond donors (Lipinski definition) is 2. The first kappa shape index (κ1) is 13.8.